The van der Waals surface area contributed by atoms with Crippen molar-refractivity contribution >= 4 is 22.8 Å². The normalized spacial score (nSPS) is 11.1. The van der Waals surface area contributed by atoms with Crippen molar-refractivity contribution in [2.45, 2.75) is 19.7 Å². The van der Waals surface area contributed by atoms with E-state index in [-0.39, 0.29) is 0 Å². The second-order valence-corrected chi connectivity index (χ2v) is 4.91. The maximum atomic E-state index is 6.03. The molecule has 0 atom stereocenters. The number of aromatic nitrogens is 3. The lowest BCUT2D eigenvalue weighted by Gasteiger charge is -2.10. The number of fused-ring (bicyclic) bond motifs is 1. The van der Waals surface area contributed by atoms with Crippen LogP contribution in [0.1, 0.15) is 17.0 Å². The van der Waals surface area contributed by atoms with Gasteiger partial charge in [-0.15, -0.1) is 11.6 Å². The molecule has 2 heterocycles. The fourth-order valence-electron chi connectivity index (χ4n) is 2.27. The fourth-order valence-corrected chi connectivity index (χ4v) is 2.45. The molecule has 3 aromatic rings. The second-order valence-electron chi connectivity index (χ2n) is 4.64. The Morgan fingerprint density at radius 1 is 1.21 bits per heavy atom. The van der Waals surface area contributed by atoms with Gasteiger partial charge in [-0.05, 0) is 37.1 Å². The van der Waals surface area contributed by atoms with Crippen LogP contribution in [-0.4, -0.2) is 14.5 Å². The minimum Gasteiger partial charge on any atom is -0.279 e. The summed E-state index contributed by atoms with van der Waals surface area (Å²) in [6.45, 7) is 4.09. The number of rotatable bonds is 2. The molecule has 0 saturated carbocycles. The predicted octanol–water partition coefficient (Wildman–Crippen LogP) is 3.78. The largest absolute Gasteiger partial charge is 0.279 e. The van der Waals surface area contributed by atoms with Gasteiger partial charge >= 0.3 is 0 Å². The van der Waals surface area contributed by atoms with Gasteiger partial charge in [0.2, 0.25) is 0 Å². The van der Waals surface area contributed by atoms with Crippen molar-refractivity contribution in [2.24, 2.45) is 0 Å². The van der Waals surface area contributed by atoms with E-state index in [1.165, 1.54) is 5.56 Å². The summed E-state index contributed by atoms with van der Waals surface area (Å²) in [5.41, 5.74) is 5.10. The highest BCUT2D eigenvalue weighted by Gasteiger charge is 2.14. The molecular formula is C15H14ClN3. The Kier molecular flexibility index (Phi) is 2.99. The number of imidazole rings is 1. The lowest BCUT2D eigenvalue weighted by molar-refractivity contribution is 0.960. The highest BCUT2D eigenvalue weighted by Crippen LogP contribution is 2.23. The fraction of sp³-hybridized carbons (Fsp3) is 0.200. The van der Waals surface area contributed by atoms with Crippen molar-refractivity contribution in [2.75, 3.05) is 0 Å². The molecular weight excluding hydrogens is 258 g/mol. The third kappa shape index (κ3) is 2.00. The van der Waals surface area contributed by atoms with Crippen LogP contribution in [0.3, 0.4) is 0 Å². The summed E-state index contributed by atoms with van der Waals surface area (Å²) < 4.78 is 2.04. The topological polar surface area (TPSA) is 30.7 Å². The van der Waals surface area contributed by atoms with E-state index in [1.807, 2.05) is 35.9 Å². The van der Waals surface area contributed by atoms with Gasteiger partial charge in [0.1, 0.15) is 11.3 Å². The molecule has 0 spiro atoms. The van der Waals surface area contributed by atoms with Crippen LogP contribution in [0.15, 0.2) is 36.5 Å². The van der Waals surface area contributed by atoms with Crippen LogP contribution in [0, 0.1) is 13.8 Å². The maximum Gasteiger partial charge on any atom is 0.164 e. The summed E-state index contributed by atoms with van der Waals surface area (Å²) in [4.78, 5) is 9.09. The third-order valence-corrected chi connectivity index (χ3v) is 3.42. The SMILES string of the molecule is Cc1cnc2c(c1)nc(CCl)n2-c1ccccc1C. The average Bonchev–Trinajstić information content (AvgIpc) is 2.76. The van der Waals surface area contributed by atoms with Crippen LogP contribution in [0.4, 0.5) is 0 Å². The van der Waals surface area contributed by atoms with E-state index in [9.17, 15) is 0 Å². The Morgan fingerprint density at radius 3 is 2.74 bits per heavy atom. The van der Waals surface area contributed by atoms with Crippen molar-refractivity contribution in [1.82, 2.24) is 14.5 Å². The molecule has 19 heavy (non-hydrogen) atoms. The van der Waals surface area contributed by atoms with Gasteiger partial charge in [0.05, 0.1) is 11.6 Å². The van der Waals surface area contributed by atoms with Gasteiger partial charge in [-0.1, -0.05) is 18.2 Å². The minimum atomic E-state index is 0.365. The summed E-state index contributed by atoms with van der Waals surface area (Å²) in [5.74, 6) is 1.19. The van der Waals surface area contributed by atoms with Crippen LogP contribution in [-0.2, 0) is 5.88 Å². The van der Waals surface area contributed by atoms with Crippen molar-refractivity contribution in [3.05, 3.63) is 53.5 Å². The standard InChI is InChI=1S/C15H14ClN3/c1-10-7-12-15(17-9-10)19(14(8-16)18-12)13-6-4-3-5-11(13)2/h3-7,9H,8H2,1-2H3. The summed E-state index contributed by atoms with van der Waals surface area (Å²) >= 11 is 6.03. The maximum absolute atomic E-state index is 6.03. The van der Waals surface area contributed by atoms with Crippen molar-refractivity contribution in [1.29, 1.82) is 0 Å². The molecule has 0 N–H and O–H groups in total. The molecule has 96 valence electrons. The van der Waals surface area contributed by atoms with Gasteiger partial charge in [0.25, 0.3) is 0 Å². The van der Waals surface area contributed by atoms with Gasteiger partial charge in [0, 0.05) is 6.20 Å². The Bertz CT molecular complexity index is 746. The van der Waals surface area contributed by atoms with Gasteiger partial charge < -0.3 is 0 Å². The first-order chi connectivity index (χ1) is 9.20. The number of pyridine rings is 1. The Hall–Kier alpha value is -1.87. The Morgan fingerprint density at radius 2 is 2.00 bits per heavy atom. The van der Waals surface area contributed by atoms with Crippen LogP contribution in [0.2, 0.25) is 0 Å². The predicted molar refractivity (Wildman–Crippen MR) is 77.9 cm³/mol. The monoisotopic (exact) mass is 271 g/mol. The van der Waals surface area contributed by atoms with Crippen molar-refractivity contribution < 1.29 is 0 Å². The quantitative estimate of drug-likeness (QED) is 0.664. The molecule has 0 amide bonds. The first-order valence-electron chi connectivity index (χ1n) is 6.16. The molecule has 3 nitrogen and oxygen atoms in total. The molecule has 0 bridgehead atoms. The molecule has 0 unspecified atom stereocenters. The van der Waals surface area contributed by atoms with E-state index in [2.05, 4.69) is 29.0 Å². The van der Waals surface area contributed by atoms with Crippen LogP contribution in [0.5, 0.6) is 0 Å². The highest BCUT2D eigenvalue weighted by molar-refractivity contribution is 6.16. The number of aryl methyl sites for hydroxylation is 2. The van der Waals surface area contributed by atoms with Crippen LogP contribution < -0.4 is 0 Å². The van der Waals surface area contributed by atoms with E-state index in [0.29, 0.717) is 5.88 Å². The Balaban J connectivity index is 2.36. The number of hydrogen-bond acceptors (Lipinski definition) is 2. The van der Waals surface area contributed by atoms with Crippen molar-refractivity contribution in [3.63, 3.8) is 0 Å². The first kappa shape index (κ1) is 12.2. The zero-order valence-electron chi connectivity index (χ0n) is 10.9. The zero-order valence-corrected chi connectivity index (χ0v) is 11.6. The van der Waals surface area contributed by atoms with Gasteiger partial charge in [-0.3, -0.25) is 4.57 Å². The average molecular weight is 272 g/mol. The molecule has 0 aliphatic carbocycles. The number of benzene rings is 1. The summed E-state index contributed by atoms with van der Waals surface area (Å²) in [6, 6.07) is 10.2. The first-order valence-corrected chi connectivity index (χ1v) is 6.70. The molecule has 3 rings (SSSR count). The summed E-state index contributed by atoms with van der Waals surface area (Å²) in [5, 5.41) is 0. The molecule has 1 aromatic carbocycles. The molecule has 4 heteroatoms. The lowest BCUT2D eigenvalue weighted by Crippen LogP contribution is -2.02. The molecule has 0 aliphatic rings. The molecule has 0 aliphatic heterocycles. The number of para-hydroxylation sites is 1. The third-order valence-electron chi connectivity index (χ3n) is 3.18. The number of halogens is 1. The molecule has 2 aromatic heterocycles. The summed E-state index contributed by atoms with van der Waals surface area (Å²) in [7, 11) is 0. The van der Waals surface area contributed by atoms with E-state index in [0.717, 1.165) is 28.2 Å². The van der Waals surface area contributed by atoms with Crippen LogP contribution in [0.25, 0.3) is 16.9 Å². The Labute approximate surface area is 116 Å². The van der Waals surface area contributed by atoms with Gasteiger partial charge in [-0.25, -0.2) is 9.97 Å². The molecule has 0 radical (unpaired) electrons. The van der Waals surface area contributed by atoms with Gasteiger partial charge in [0.15, 0.2) is 5.65 Å². The lowest BCUT2D eigenvalue weighted by atomic mass is 10.2. The number of hydrogen-bond donors (Lipinski definition) is 0. The van der Waals surface area contributed by atoms with E-state index >= 15 is 0 Å². The molecule has 0 saturated heterocycles. The smallest absolute Gasteiger partial charge is 0.164 e. The second kappa shape index (κ2) is 4.67. The number of alkyl halides is 1. The minimum absolute atomic E-state index is 0.365. The summed E-state index contributed by atoms with van der Waals surface area (Å²) in [6.07, 6.45) is 1.86. The van der Waals surface area contributed by atoms with Crippen LogP contribution >= 0.6 is 11.6 Å². The molecule has 0 fully saturated rings. The van der Waals surface area contributed by atoms with E-state index in [4.69, 9.17) is 11.6 Å². The van der Waals surface area contributed by atoms with Gasteiger partial charge in [-0.2, -0.15) is 0 Å². The van der Waals surface area contributed by atoms with E-state index in [1.54, 1.807) is 0 Å². The van der Waals surface area contributed by atoms with Crippen molar-refractivity contribution in [3.8, 4) is 5.69 Å². The zero-order chi connectivity index (χ0) is 13.4. The number of nitrogens with zero attached hydrogens (tertiary/aromatic N) is 3. The van der Waals surface area contributed by atoms with E-state index < -0.39 is 0 Å². The highest BCUT2D eigenvalue weighted by atomic mass is 35.5.